The number of nitrogen functional groups attached to an aromatic ring is 1. The number of nitrogens with two attached hydrogens (primary N) is 1. The molecule has 4 heteroatoms. The third kappa shape index (κ3) is 2.15. The maximum Gasteiger partial charge on any atom is 0.250 e. The second-order valence-electron chi connectivity index (χ2n) is 3.82. The highest BCUT2D eigenvalue weighted by Crippen LogP contribution is 2.27. The number of rotatable bonds is 2. The van der Waals surface area contributed by atoms with Crippen LogP contribution in [0.5, 0.6) is 5.75 Å². The quantitative estimate of drug-likeness (QED) is 0.798. The van der Waals surface area contributed by atoms with E-state index in [1.807, 2.05) is 12.1 Å². The summed E-state index contributed by atoms with van der Waals surface area (Å²) in [6, 6.07) is 8.93. The molecule has 2 rings (SSSR count). The lowest BCUT2D eigenvalue weighted by Gasteiger charge is -2.07. The molecular weight excluding hydrogens is 216 g/mol. The number of hydrogen-bond acceptors (Lipinski definition) is 3. The van der Waals surface area contributed by atoms with E-state index in [4.69, 9.17) is 10.5 Å². The summed E-state index contributed by atoms with van der Waals surface area (Å²) in [5.74, 6) is 0.637. The van der Waals surface area contributed by atoms with Crippen molar-refractivity contribution in [2.45, 2.75) is 0 Å². The summed E-state index contributed by atoms with van der Waals surface area (Å²) in [6.07, 6.45) is 1.73. The van der Waals surface area contributed by atoms with E-state index in [1.165, 1.54) is 4.57 Å². The van der Waals surface area contributed by atoms with E-state index >= 15 is 0 Å². The highest BCUT2D eigenvalue weighted by molar-refractivity contribution is 5.70. The van der Waals surface area contributed by atoms with Gasteiger partial charge < -0.3 is 15.0 Å². The first-order chi connectivity index (χ1) is 8.11. The van der Waals surface area contributed by atoms with Gasteiger partial charge in [-0.1, -0.05) is 6.07 Å². The SMILES string of the molecule is COc1ccc(-c2ccn(C)c(=O)c2)cc1N. The third-order valence-corrected chi connectivity index (χ3v) is 2.67. The van der Waals surface area contributed by atoms with Gasteiger partial charge in [-0.15, -0.1) is 0 Å². The molecule has 0 atom stereocenters. The predicted octanol–water partition coefficient (Wildman–Crippen LogP) is 1.64. The van der Waals surface area contributed by atoms with Gasteiger partial charge in [0.1, 0.15) is 5.75 Å². The Bertz CT molecular complexity index is 603. The summed E-state index contributed by atoms with van der Waals surface area (Å²) in [4.78, 5) is 11.5. The molecule has 1 aromatic carbocycles. The van der Waals surface area contributed by atoms with Crippen LogP contribution in [-0.2, 0) is 7.05 Å². The van der Waals surface area contributed by atoms with Gasteiger partial charge in [0.25, 0.3) is 5.56 Å². The Balaban J connectivity index is 2.50. The predicted molar refractivity (Wildman–Crippen MR) is 68.1 cm³/mol. The molecule has 0 aliphatic heterocycles. The van der Waals surface area contributed by atoms with E-state index in [0.29, 0.717) is 11.4 Å². The number of benzene rings is 1. The summed E-state index contributed by atoms with van der Waals surface area (Å²) >= 11 is 0. The van der Waals surface area contributed by atoms with Gasteiger partial charge in [-0.2, -0.15) is 0 Å². The molecule has 1 aromatic heterocycles. The molecule has 17 heavy (non-hydrogen) atoms. The lowest BCUT2D eigenvalue weighted by atomic mass is 10.1. The number of pyridine rings is 1. The zero-order chi connectivity index (χ0) is 12.4. The van der Waals surface area contributed by atoms with Crippen LogP contribution in [0.1, 0.15) is 0 Å². The van der Waals surface area contributed by atoms with Gasteiger partial charge in [-0.05, 0) is 29.3 Å². The standard InChI is InChI=1S/C13H14N2O2/c1-15-6-5-10(8-13(15)16)9-3-4-12(17-2)11(14)7-9/h3-8H,14H2,1-2H3. The average molecular weight is 230 g/mol. The highest BCUT2D eigenvalue weighted by Gasteiger charge is 2.03. The molecule has 4 nitrogen and oxygen atoms in total. The van der Waals surface area contributed by atoms with Crippen molar-refractivity contribution in [2.24, 2.45) is 7.05 Å². The number of ether oxygens (including phenoxy) is 1. The maximum absolute atomic E-state index is 11.5. The molecule has 0 aliphatic rings. The maximum atomic E-state index is 11.5. The van der Waals surface area contributed by atoms with E-state index in [1.54, 1.807) is 38.6 Å². The molecule has 1 heterocycles. The molecule has 88 valence electrons. The summed E-state index contributed by atoms with van der Waals surface area (Å²) < 4.78 is 6.61. The number of hydrogen-bond donors (Lipinski definition) is 1. The average Bonchev–Trinajstić information content (AvgIpc) is 2.32. The van der Waals surface area contributed by atoms with Crippen LogP contribution >= 0.6 is 0 Å². The first kappa shape index (κ1) is 11.3. The van der Waals surface area contributed by atoms with Crippen LogP contribution in [0.25, 0.3) is 11.1 Å². The Hall–Kier alpha value is -2.23. The molecule has 0 aliphatic carbocycles. The Morgan fingerprint density at radius 2 is 1.88 bits per heavy atom. The van der Waals surface area contributed by atoms with Crippen LogP contribution in [0.2, 0.25) is 0 Å². The molecule has 0 bridgehead atoms. The van der Waals surface area contributed by atoms with Crippen molar-refractivity contribution in [3.8, 4) is 16.9 Å². The zero-order valence-corrected chi connectivity index (χ0v) is 9.81. The molecule has 0 fully saturated rings. The first-order valence-electron chi connectivity index (χ1n) is 5.22. The molecule has 0 spiro atoms. The Kier molecular flexibility index (Phi) is 2.87. The van der Waals surface area contributed by atoms with Gasteiger partial charge >= 0.3 is 0 Å². The minimum Gasteiger partial charge on any atom is -0.495 e. The van der Waals surface area contributed by atoms with Gasteiger partial charge in [-0.25, -0.2) is 0 Å². The first-order valence-corrected chi connectivity index (χ1v) is 5.22. The molecule has 0 saturated carbocycles. The second-order valence-corrected chi connectivity index (χ2v) is 3.82. The smallest absolute Gasteiger partial charge is 0.250 e. The van der Waals surface area contributed by atoms with Crippen molar-refractivity contribution < 1.29 is 4.74 Å². The third-order valence-electron chi connectivity index (χ3n) is 2.67. The fraction of sp³-hybridized carbons (Fsp3) is 0.154. The summed E-state index contributed by atoms with van der Waals surface area (Å²) in [5, 5.41) is 0. The van der Waals surface area contributed by atoms with Crippen LogP contribution in [-0.4, -0.2) is 11.7 Å². The largest absolute Gasteiger partial charge is 0.495 e. The minimum absolute atomic E-state index is 0.0445. The molecule has 2 N–H and O–H groups in total. The zero-order valence-electron chi connectivity index (χ0n) is 9.81. The molecular formula is C13H14N2O2. The monoisotopic (exact) mass is 230 g/mol. The van der Waals surface area contributed by atoms with E-state index in [0.717, 1.165) is 11.1 Å². The molecule has 0 saturated heterocycles. The topological polar surface area (TPSA) is 57.2 Å². The van der Waals surface area contributed by atoms with Gasteiger partial charge in [0.2, 0.25) is 0 Å². The number of anilines is 1. The van der Waals surface area contributed by atoms with E-state index in [-0.39, 0.29) is 5.56 Å². The second kappa shape index (κ2) is 4.33. The van der Waals surface area contributed by atoms with Gasteiger partial charge in [0.05, 0.1) is 12.8 Å². The number of nitrogens with zero attached hydrogens (tertiary/aromatic N) is 1. The van der Waals surface area contributed by atoms with Crippen molar-refractivity contribution in [1.82, 2.24) is 4.57 Å². The highest BCUT2D eigenvalue weighted by atomic mass is 16.5. The molecule has 0 amide bonds. The lowest BCUT2D eigenvalue weighted by Crippen LogP contribution is -2.14. The summed E-state index contributed by atoms with van der Waals surface area (Å²) in [6.45, 7) is 0. The Morgan fingerprint density at radius 3 is 2.47 bits per heavy atom. The number of methoxy groups -OCH3 is 1. The van der Waals surface area contributed by atoms with E-state index in [9.17, 15) is 4.79 Å². The van der Waals surface area contributed by atoms with E-state index < -0.39 is 0 Å². The minimum atomic E-state index is -0.0445. The van der Waals surface area contributed by atoms with Gasteiger partial charge in [0, 0.05) is 19.3 Å². The molecule has 2 aromatic rings. The van der Waals surface area contributed by atoms with Gasteiger partial charge in [-0.3, -0.25) is 4.79 Å². The van der Waals surface area contributed by atoms with Crippen LogP contribution in [0, 0.1) is 0 Å². The number of aryl methyl sites for hydroxylation is 1. The van der Waals surface area contributed by atoms with Crippen molar-refractivity contribution in [2.75, 3.05) is 12.8 Å². The van der Waals surface area contributed by atoms with Crippen molar-refractivity contribution in [3.05, 3.63) is 46.9 Å². The van der Waals surface area contributed by atoms with Gasteiger partial charge in [0.15, 0.2) is 0 Å². The summed E-state index contributed by atoms with van der Waals surface area (Å²) in [5.41, 5.74) is 8.10. The fourth-order valence-electron chi connectivity index (χ4n) is 1.64. The normalized spacial score (nSPS) is 10.2. The summed E-state index contributed by atoms with van der Waals surface area (Å²) in [7, 11) is 3.29. The van der Waals surface area contributed by atoms with Crippen LogP contribution < -0.4 is 16.0 Å². The van der Waals surface area contributed by atoms with Crippen molar-refractivity contribution in [1.29, 1.82) is 0 Å². The fourth-order valence-corrected chi connectivity index (χ4v) is 1.64. The Labute approximate surface area is 99.3 Å². The van der Waals surface area contributed by atoms with Crippen LogP contribution in [0.3, 0.4) is 0 Å². The van der Waals surface area contributed by atoms with E-state index in [2.05, 4.69) is 0 Å². The number of aromatic nitrogens is 1. The van der Waals surface area contributed by atoms with Crippen molar-refractivity contribution >= 4 is 5.69 Å². The van der Waals surface area contributed by atoms with Crippen LogP contribution in [0.4, 0.5) is 5.69 Å². The van der Waals surface area contributed by atoms with Crippen LogP contribution in [0.15, 0.2) is 41.3 Å². The van der Waals surface area contributed by atoms with Crippen molar-refractivity contribution in [3.63, 3.8) is 0 Å². The molecule has 0 radical (unpaired) electrons. The lowest BCUT2D eigenvalue weighted by molar-refractivity contribution is 0.417. The Morgan fingerprint density at radius 1 is 1.18 bits per heavy atom. The molecule has 0 unspecified atom stereocenters.